The molecule has 0 saturated heterocycles. The van der Waals surface area contributed by atoms with Crippen LogP contribution < -0.4 is 0 Å². The zero-order valence-corrected chi connectivity index (χ0v) is 8.84. The lowest BCUT2D eigenvalue weighted by Gasteiger charge is -2.06. The van der Waals surface area contributed by atoms with Crippen molar-refractivity contribution in [2.45, 2.75) is 46.0 Å². The van der Waals surface area contributed by atoms with Gasteiger partial charge in [0.2, 0.25) is 0 Å². The summed E-state index contributed by atoms with van der Waals surface area (Å²) in [4.78, 5) is 0. The molecule has 0 amide bonds. The predicted octanol–water partition coefficient (Wildman–Crippen LogP) is 4.40. The average molecular weight is 176 g/mol. The van der Waals surface area contributed by atoms with Crippen LogP contribution in [0.1, 0.15) is 46.0 Å². The Morgan fingerprint density at radius 2 is 2.38 bits per heavy atom. The highest BCUT2D eigenvalue weighted by atomic mass is 14.0. The Hall–Kier alpha value is -0.780. The van der Waals surface area contributed by atoms with Crippen LogP contribution in [0.4, 0.5) is 0 Å². The third kappa shape index (κ3) is 4.12. The van der Waals surface area contributed by atoms with E-state index in [-0.39, 0.29) is 0 Å². The highest BCUT2D eigenvalue weighted by Crippen LogP contribution is 2.17. The summed E-state index contributed by atoms with van der Waals surface area (Å²) < 4.78 is 0. The molecular formula is C13H20. The van der Waals surface area contributed by atoms with E-state index in [1.807, 2.05) is 0 Å². The van der Waals surface area contributed by atoms with E-state index in [1.165, 1.54) is 31.3 Å². The normalized spacial score (nSPS) is 17.4. The van der Waals surface area contributed by atoms with E-state index in [9.17, 15) is 0 Å². The van der Waals surface area contributed by atoms with E-state index in [2.05, 4.69) is 38.2 Å². The summed E-state index contributed by atoms with van der Waals surface area (Å²) in [6.45, 7) is 4.47. The Morgan fingerprint density at radius 1 is 1.54 bits per heavy atom. The van der Waals surface area contributed by atoms with Crippen molar-refractivity contribution in [1.29, 1.82) is 0 Å². The predicted molar refractivity (Wildman–Crippen MR) is 59.7 cm³/mol. The molecule has 72 valence electrons. The molecule has 0 aromatic carbocycles. The largest absolute Gasteiger partial charge is 0.0842 e. The Bertz CT molecular complexity index is 228. The number of rotatable bonds is 4. The van der Waals surface area contributed by atoms with Gasteiger partial charge < -0.3 is 0 Å². The van der Waals surface area contributed by atoms with Crippen molar-refractivity contribution in [3.63, 3.8) is 0 Å². The van der Waals surface area contributed by atoms with Crippen molar-refractivity contribution >= 4 is 0 Å². The van der Waals surface area contributed by atoms with Crippen molar-refractivity contribution in [2.24, 2.45) is 0 Å². The van der Waals surface area contributed by atoms with E-state index in [0.717, 1.165) is 6.42 Å². The van der Waals surface area contributed by atoms with E-state index >= 15 is 0 Å². The van der Waals surface area contributed by atoms with Gasteiger partial charge in [-0.05, 0) is 32.6 Å². The molecule has 0 aliphatic heterocycles. The lowest BCUT2D eigenvalue weighted by Crippen LogP contribution is -1.86. The van der Waals surface area contributed by atoms with Gasteiger partial charge in [-0.15, -0.1) is 0 Å². The number of hydrogen-bond acceptors (Lipinski definition) is 0. The number of allylic oxidation sites excluding steroid dienone is 6. The molecule has 0 atom stereocenters. The van der Waals surface area contributed by atoms with Crippen LogP contribution in [0, 0.1) is 0 Å². The first kappa shape index (κ1) is 10.3. The first-order chi connectivity index (χ1) is 6.33. The maximum atomic E-state index is 2.38. The molecule has 0 N–H and O–H groups in total. The average Bonchev–Trinajstić information content (AvgIpc) is 2.17. The second-order valence-electron chi connectivity index (χ2n) is 3.80. The Balaban J connectivity index is 2.36. The third-order valence-corrected chi connectivity index (χ3v) is 2.46. The first-order valence-corrected chi connectivity index (χ1v) is 5.33. The summed E-state index contributed by atoms with van der Waals surface area (Å²) in [5.41, 5.74) is 3.12. The van der Waals surface area contributed by atoms with Crippen LogP contribution in [0.15, 0.2) is 35.5 Å². The molecule has 0 unspecified atom stereocenters. The molecule has 0 saturated carbocycles. The summed E-state index contributed by atoms with van der Waals surface area (Å²) in [6, 6.07) is 0. The highest BCUT2D eigenvalue weighted by molar-refractivity contribution is 5.20. The lowest BCUT2D eigenvalue weighted by molar-refractivity contribution is 0.882. The van der Waals surface area contributed by atoms with Crippen LogP contribution in [-0.4, -0.2) is 0 Å². The van der Waals surface area contributed by atoms with Gasteiger partial charge >= 0.3 is 0 Å². The summed E-state index contributed by atoms with van der Waals surface area (Å²) in [5, 5.41) is 0. The molecule has 1 aliphatic carbocycles. The van der Waals surface area contributed by atoms with E-state index in [4.69, 9.17) is 0 Å². The molecule has 0 nitrogen and oxygen atoms in total. The second kappa shape index (κ2) is 5.80. The van der Waals surface area contributed by atoms with E-state index in [1.54, 1.807) is 5.57 Å². The van der Waals surface area contributed by atoms with Crippen LogP contribution in [0.25, 0.3) is 0 Å². The van der Waals surface area contributed by atoms with Gasteiger partial charge in [0, 0.05) is 0 Å². The molecule has 13 heavy (non-hydrogen) atoms. The summed E-state index contributed by atoms with van der Waals surface area (Å²) >= 11 is 0. The van der Waals surface area contributed by atoms with E-state index in [0.29, 0.717) is 0 Å². The molecular weight excluding hydrogens is 156 g/mol. The minimum Gasteiger partial charge on any atom is -0.0842 e. The molecule has 1 aliphatic rings. The van der Waals surface area contributed by atoms with Crippen LogP contribution in [0.2, 0.25) is 0 Å². The maximum absolute atomic E-state index is 2.38. The fraction of sp³-hybridized carbons (Fsp3) is 0.538. The van der Waals surface area contributed by atoms with Gasteiger partial charge in [0.05, 0.1) is 0 Å². The molecule has 0 heterocycles. The van der Waals surface area contributed by atoms with Gasteiger partial charge in [-0.2, -0.15) is 0 Å². The molecule has 0 spiro atoms. The van der Waals surface area contributed by atoms with Crippen molar-refractivity contribution in [1.82, 2.24) is 0 Å². The van der Waals surface area contributed by atoms with E-state index < -0.39 is 0 Å². The van der Waals surface area contributed by atoms with Crippen molar-refractivity contribution < 1.29 is 0 Å². The topological polar surface area (TPSA) is 0 Å². The van der Waals surface area contributed by atoms with Crippen molar-refractivity contribution in [3.8, 4) is 0 Å². The van der Waals surface area contributed by atoms with Gasteiger partial charge in [0.25, 0.3) is 0 Å². The standard InChI is InChI=1S/C13H20/c1-3-7-12(2)10-11-13-8-5-4-6-9-13/h4-5,8,10H,3,6-7,9,11H2,1-2H3/b12-10-. The van der Waals surface area contributed by atoms with Gasteiger partial charge in [-0.3, -0.25) is 0 Å². The van der Waals surface area contributed by atoms with Gasteiger partial charge in [-0.1, -0.05) is 48.8 Å². The van der Waals surface area contributed by atoms with Gasteiger partial charge in [0.15, 0.2) is 0 Å². The lowest BCUT2D eigenvalue weighted by atomic mass is 10.0. The highest BCUT2D eigenvalue weighted by Gasteiger charge is 1.97. The van der Waals surface area contributed by atoms with Crippen LogP contribution >= 0.6 is 0 Å². The van der Waals surface area contributed by atoms with Crippen LogP contribution in [0.3, 0.4) is 0 Å². The Labute approximate surface area is 82.0 Å². The summed E-state index contributed by atoms with van der Waals surface area (Å²) in [6.07, 6.45) is 15.2. The molecule has 0 aromatic rings. The quantitative estimate of drug-likeness (QED) is 0.557. The third-order valence-electron chi connectivity index (χ3n) is 2.46. The van der Waals surface area contributed by atoms with Gasteiger partial charge in [-0.25, -0.2) is 0 Å². The minimum absolute atomic E-state index is 1.16. The van der Waals surface area contributed by atoms with Crippen LogP contribution in [-0.2, 0) is 0 Å². The molecule has 0 bridgehead atoms. The molecule has 1 rings (SSSR count). The summed E-state index contributed by atoms with van der Waals surface area (Å²) in [7, 11) is 0. The Kier molecular flexibility index (Phi) is 4.59. The molecule has 0 heteroatoms. The number of hydrogen-bond donors (Lipinski definition) is 0. The fourth-order valence-corrected chi connectivity index (χ4v) is 1.62. The molecule has 0 radical (unpaired) electrons. The van der Waals surface area contributed by atoms with Crippen molar-refractivity contribution in [2.75, 3.05) is 0 Å². The maximum Gasteiger partial charge on any atom is -0.0133 e. The molecule has 0 fully saturated rings. The summed E-state index contributed by atoms with van der Waals surface area (Å²) in [5.74, 6) is 0. The molecule has 0 aromatic heterocycles. The van der Waals surface area contributed by atoms with Crippen molar-refractivity contribution in [3.05, 3.63) is 35.5 Å². The monoisotopic (exact) mass is 176 g/mol. The Morgan fingerprint density at radius 3 is 3.00 bits per heavy atom. The fourth-order valence-electron chi connectivity index (χ4n) is 1.62. The zero-order valence-electron chi connectivity index (χ0n) is 8.84. The van der Waals surface area contributed by atoms with Crippen LogP contribution in [0.5, 0.6) is 0 Å². The second-order valence-corrected chi connectivity index (χ2v) is 3.80. The van der Waals surface area contributed by atoms with Gasteiger partial charge in [0.1, 0.15) is 0 Å². The minimum atomic E-state index is 1.16. The zero-order chi connectivity index (χ0) is 9.52. The first-order valence-electron chi connectivity index (χ1n) is 5.33. The smallest absolute Gasteiger partial charge is 0.0133 e. The SMILES string of the molecule is CCC/C(C)=C\CC1=CC=CCC1.